The zero-order chi connectivity index (χ0) is 56.1. The van der Waals surface area contributed by atoms with Gasteiger partial charge in [-0.15, -0.1) is 56.7 Å². The largest absolute Gasteiger partial charge is 0.455 e. The second-order valence-electron chi connectivity index (χ2n) is 18.6. The van der Waals surface area contributed by atoms with Crippen LogP contribution in [0.25, 0.3) is 43.4 Å². The van der Waals surface area contributed by atoms with Gasteiger partial charge in [-0.05, 0) is 52.3 Å². The highest BCUT2D eigenvalue weighted by atomic mass is 32.1. The maximum Gasteiger partial charge on any atom is 0.413 e. The number of carbonyl (C=O) groups excluding carboxylic acids is 6. The molecule has 1 unspecified atom stereocenters. The number of hydrogen-bond donors (Lipinski definition) is 6. The van der Waals surface area contributed by atoms with E-state index in [1.807, 2.05) is 26.0 Å². The summed E-state index contributed by atoms with van der Waals surface area (Å²) in [5.74, 6) is -2.45. The molecular weight excluding hydrogens is 1130 g/mol. The zero-order valence-corrected chi connectivity index (χ0v) is 48.4. The molecule has 0 aliphatic carbocycles. The number of nitrogens with one attached hydrogen (secondary N) is 6. The van der Waals surface area contributed by atoms with Crippen molar-refractivity contribution >= 4 is 115 Å². The molecule has 79 heavy (non-hydrogen) atoms. The first-order valence-corrected chi connectivity index (χ1v) is 29.4. The van der Waals surface area contributed by atoms with Crippen molar-refractivity contribution in [2.24, 2.45) is 0 Å². The van der Waals surface area contributed by atoms with Crippen LogP contribution in [0.5, 0.6) is 0 Å². The number of ether oxygens (including phenoxy) is 3. The summed E-state index contributed by atoms with van der Waals surface area (Å²) in [6.45, 7) is 9.87. The van der Waals surface area contributed by atoms with Gasteiger partial charge in [-0.2, -0.15) is 0 Å². The molecule has 9 rings (SSSR count). The lowest BCUT2D eigenvalue weighted by Gasteiger charge is -2.26. The summed E-state index contributed by atoms with van der Waals surface area (Å²) in [4.78, 5) is 116. The van der Waals surface area contributed by atoms with Crippen LogP contribution in [-0.4, -0.2) is 96.9 Å². The van der Waals surface area contributed by atoms with Crippen molar-refractivity contribution in [3.63, 3.8) is 0 Å². The van der Waals surface area contributed by atoms with Crippen molar-refractivity contribution in [1.29, 1.82) is 0 Å². The molecule has 8 aromatic rings. The van der Waals surface area contributed by atoms with Gasteiger partial charge in [0.05, 0.1) is 47.9 Å². The number of rotatable bonds is 9. The van der Waals surface area contributed by atoms with E-state index < -0.39 is 66.2 Å². The number of amides is 5. The Balaban J connectivity index is 1.14. The van der Waals surface area contributed by atoms with Crippen molar-refractivity contribution in [3.8, 4) is 43.4 Å². The van der Waals surface area contributed by atoms with Crippen molar-refractivity contribution in [3.05, 3.63) is 106 Å². The number of methoxy groups -OCH3 is 1. The number of aromatic nitrogens is 7. The fourth-order valence-electron chi connectivity index (χ4n) is 7.99. The Morgan fingerprint density at radius 3 is 2.23 bits per heavy atom. The molecule has 0 saturated heterocycles. The quantitative estimate of drug-likeness (QED) is 0.0734. The summed E-state index contributed by atoms with van der Waals surface area (Å²) in [6, 6.07) is 10.1. The van der Waals surface area contributed by atoms with Gasteiger partial charge in [-0.3, -0.25) is 29.3 Å². The number of hydrogen-bond acceptors (Lipinski definition) is 23. The van der Waals surface area contributed by atoms with Gasteiger partial charge in [0, 0.05) is 53.0 Å². The number of thiazole rings is 6. The number of benzene rings is 1. The van der Waals surface area contributed by atoms with Crippen LogP contribution in [-0.2, 0) is 35.2 Å². The van der Waals surface area contributed by atoms with Crippen molar-refractivity contribution in [1.82, 2.24) is 56.2 Å². The number of aryl methyl sites for hydroxylation is 1. The summed E-state index contributed by atoms with van der Waals surface area (Å²) < 4.78 is 16.8. The summed E-state index contributed by atoms with van der Waals surface area (Å²) in [7, 11) is 3.00. The summed E-state index contributed by atoms with van der Waals surface area (Å²) in [6.07, 6.45) is -1.83. The molecule has 28 heteroatoms. The molecule has 8 heterocycles. The minimum absolute atomic E-state index is 0.0433. The van der Waals surface area contributed by atoms with Crippen LogP contribution in [0.3, 0.4) is 0 Å². The highest BCUT2D eigenvalue weighted by molar-refractivity contribution is 7.16. The summed E-state index contributed by atoms with van der Waals surface area (Å²) in [5, 5.41) is 26.8. The van der Waals surface area contributed by atoms with Gasteiger partial charge in [0.25, 0.3) is 11.8 Å². The average molecular weight is 1180 g/mol. The van der Waals surface area contributed by atoms with Gasteiger partial charge in [0.2, 0.25) is 11.8 Å². The first-order chi connectivity index (χ1) is 37.8. The highest BCUT2D eigenvalue weighted by Crippen LogP contribution is 2.41. The Kier molecular flexibility index (Phi) is 17.3. The predicted molar refractivity (Wildman–Crippen MR) is 303 cm³/mol. The molecule has 1 aliphatic heterocycles. The number of anilines is 2. The Morgan fingerprint density at radius 2 is 1.48 bits per heavy atom. The lowest BCUT2D eigenvalue weighted by Crippen LogP contribution is -2.41. The normalized spacial score (nSPS) is 16.4. The highest BCUT2D eigenvalue weighted by Gasteiger charge is 2.34. The molecular formula is C51H51N13O9S6. The molecule has 1 aliphatic rings. The maximum absolute atomic E-state index is 14.2. The Hall–Kier alpha value is -7.47. The molecule has 7 aromatic heterocycles. The smallest absolute Gasteiger partial charge is 0.413 e. The van der Waals surface area contributed by atoms with Crippen LogP contribution in [0.15, 0.2) is 64.0 Å². The minimum Gasteiger partial charge on any atom is -0.455 e. The SMILES string of the molecule is CNC(=O)C[C@@H]1NC(=O)c2csc(n2)-c2ccc(-c3nc(NC(=O)OC(C)(C)C)cs3)nc2-c2csc(n2)-c2csc(n2)[C@H]([C@@H](OC(C)=O)c2ccccc2)NC(=O)CNC(=O)c2nc(sc2COC)NC(C)c2nc1sc2C. The molecule has 0 saturated carbocycles. The Bertz CT molecular complexity index is 3560. The van der Waals surface area contributed by atoms with Gasteiger partial charge >= 0.3 is 12.1 Å². The molecule has 5 amide bonds. The van der Waals surface area contributed by atoms with Crippen molar-refractivity contribution < 1.29 is 43.0 Å². The van der Waals surface area contributed by atoms with Crippen LogP contribution < -0.4 is 31.9 Å². The predicted octanol–water partition coefficient (Wildman–Crippen LogP) is 9.28. The van der Waals surface area contributed by atoms with Gasteiger partial charge in [0.1, 0.15) is 71.0 Å². The number of esters is 1. The van der Waals surface area contributed by atoms with Crippen molar-refractivity contribution in [2.45, 2.75) is 84.4 Å². The first kappa shape index (κ1) is 56.3. The first-order valence-electron chi connectivity index (χ1n) is 24.2. The number of fused-ring (bicyclic) bond motifs is 14. The standard InChI is InChI=1S/C51H51N13O9S6/c1-23-37-24(2)78-47(63-37)29(16-35(66)52-7)56-42(68)31-20-74-44(58-31)27-14-15-28(45-60-34(22-77-45)61-50(70)73-51(4,5)6)55-38(27)30-19-75-46(57-30)32-21-76-48(59-32)40(41(72-25(3)65)26-12-10-9-11-13-26)62-36(67)17-53-43(69)39-33(18-71-8)79-49(54-23)64-39/h9-15,19-23,29,40-41H,16-18H2,1-8H3,(H,52,66)(H,53,69)(H,54,64)(H,56,68)(H,61,70)(H,62,67)/t23?,29-,40-,41-/m0/s1. The number of nitrogens with zero attached hydrogens (tertiary/aromatic N) is 7. The van der Waals surface area contributed by atoms with Gasteiger partial charge in [-0.1, -0.05) is 41.7 Å². The monoisotopic (exact) mass is 1180 g/mol. The van der Waals surface area contributed by atoms with Gasteiger partial charge in [-0.25, -0.2) is 39.7 Å². The van der Waals surface area contributed by atoms with E-state index in [-0.39, 0.29) is 36.1 Å². The van der Waals surface area contributed by atoms with Crippen LogP contribution in [0.1, 0.15) is 117 Å². The molecule has 1 aromatic carbocycles. The molecule has 22 nitrogen and oxygen atoms in total. The van der Waals surface area contributed by atoms with E-state index >= 15 is 0 Å². The van der Waals surface area contributed by atoms with E-state index in [1.165, 1.54) is 89.1 Å². The second kappa shape index (κ2) is 24.3. The molecule has 4 atom stereocenters. The summed E-state index contributed by atoms with van der Waals surface area (Å²) in [5.41, 5.74) is 2.84. The van der Waals surface area contributed by atoms with E-state index in [4.69, 9.17) is 39.1 Å². The topological polar surface area (TPSA) is 293 Å². The van der Waals surface area contributed by atoms with Crippen LogP contribution >= 0.6 is 68.0 Å². The number of pyridine rings is 1. The van der Waals surface area contributed by atoms with Crippen LogP contribution in [0.4, 0.5) is 15.7 Å². The molecule has 0 radical (unpaired) electrons. The summed E-state index contributed by atoms with van der Waals surface area (Å²) >= 11 is 7.47. The third kappa shape index (κ3) is 13.5. The van der Waals surface area contributed by atoms with E-state index in [0.29, 0.717) is 74.6 Å². The molecule has 6 N–H and O–H groups in total. The zero-order valence-electron chi connectivity index (χ0n) is 43.5. The third-order valence-corrected chi connectivity index (χ3v) is 17.1. The molecule has 0 spiro atoms. The van der Waals surface area contributed by atoms with Gasteiger partial charge < -0.3 is 40.8 Å². The fourth-order valence-corrected chi connectivity index (χ4v) is 13.3. The molecule has 0 fully saturated rings. The molecule has 410 valence electrons. The van der Waals surface area contributed by atoms with Crippen LogP contribution in [0.2, 0.25) is 0 Å². The fraction of sp³-hybridized carbons (Fsp3) is 0.314. The third-order valence-electron chi connectivity index (χ3n) is 11.5. The van der Waals surface area contributed by atoms with Crippen LogP contribution in [0, 0.1) is 6.92 Å². The Labute approximate surface area is 476 Å². The lowest BCUT2D eigenvalue weighted by atomic mass is 10.0. The minimum atomic E-state index is -1.04. The second-order valence-corrected chi connectivity index (χ2v) is 24.3. The van der Waals surface area contributed by atoms with E-state index in [1.54, 1.807) is 72.6 Å². The van der Waals surface area contributed by atoms with E-state index in [0.717, 1.165) is 4.88 Å². The number of carbonyl (C=O) groups is 6. The maximum atomic E-state index is 14.2. The van der Waals surface area contributed by atoms with E-state index in [2.05, 4.69) is 41.9 Å². The van der Waals surface area contributed by atoms with Gasteiger partial charge in [0.15, 0.2) is 11.2 Å². The Morgan fingerprint density at radius 1 is 0.759 bits per heavy atom. The van der Waals surface area contributed by atoms with E-state index in [9.17, 15) is 28.8 Å². The molecule has 10 bridgehead atoms. The lowest BCUT2D eigenvalue weighted by molar-refractivity contribution is -0.149. The van der Waals surface area contributed by atoms with Crippen molar-refractivity contribution in [2.75, 3.05) is 31.3 Å². The average Bonchev–Trinajstić information content (AvgIpc) is 4.47.